The number of hydrogen-bond acceptors (Lipinski definition) is 3. The average Bonchev–Trinajstić information content (AvgIpc) is 2.23. The predicted molar refractivity (Wildman–Crippen MR) is 46.0 cm³/mol. The fourth-order valence-electron chi connectivity index (χ4n) is 1.34. The van der Waals surface area contributed by atoms with E-state index in [4.69, 9.17) is 5.11 Å². The molecule has 0 atom stereocenters. The van der Waals surface area contributed by atoms with Crippen molar-refractivity contribution in [2.45, 2.75) is 36.3 Å². The Hall–Kier alpha value is 0.186. The van der Waals surface area contributed by atoms with Gasteiger partial charge in [-0.1, -0.05) is 4.90 Å². The fourth-order valence-corrected chi connectivity index (χ4v) is 1.34. The molecule has 0 spiro atoms. The Morgan fingerprint density at radius 2 is 1.12 bits per heavy atom. The number of carbonyl (C=O) groups is 1. The normalized spacial score (nSPS) is 25.7. The van der Waals surface area contributed by atoms with Gasteiger partial charge >= 0.3 is 42.2 Å². The van der Waals surface area contributed by atoms with Gasteiger partial charge in [0.25, 0.3) is 0 Å². The van der Waals surface area contributed by atoms with Crippen molar-refractivity contribution in [2.75, 3.05) is 0 Å². The van der Waals surface area contributed by atoms with E-state index in [1.807, 2.05) is 0 Å². The minimum absolute atomic E-state index is 0. The zero-order valence-corrected chi connectivity index (χ0v) is 13.9. The van der Waals surface area contributed by atoms with Gasteiger partial charge in [-0.15, -0.1) is 0 Å². The third-order valence-electron chi connectivity index (χ3n) is 2.45. The molecule has 1 N–H and O–H groups in total. The Morgan fingerprint density at radius 3 is 1.38 bits per heavy atom. The molecule has 0 bridgehead atoms. The SMILES string of the molecule is O=C(O)C(F)(F)C(F)(F)N1C(F)(F)C(F)(F)OC(F)(F)C1(F)F.[K]. The first-order valence-electron chi connectivity index (χ1n) is 4.77. The third-order valence-corrected chi connectivity index (χ3v) is 2.45. The molecule has 0 amide bonds. The molecule has 1 saturated heterocycles. The minimum Gasteiger partial charge on any atom is -0.477 e. The van der Waals surface area contributed by atoms with Crippen LogP contribution in [0.1, 0.15) is 0 Å². The summed E-state index contributed by atoms with van der Waals surface area (Å²) in [6, 6.07) is -21.6. The van der Waals surface area contributed by atoms with E-state index in [0.717, 1.165) is 0 Å². The van der Waals surface area contributed by atoms with Crippen LogP contribution in [0.25, 0.3) is 0 Å². The maximum Gasteiger partial charge on any atom is 0.439 e. The number of carboxylic acid groups (broad SMARTS) is 1. The monoisotopic (exact) mass is 414 g/mol. The van der Waals surface area contributed by atoms with Crippen molar-refractivity contribution in [3.63, 3.8) is 0 Å². The van der Waals surface area contributed by atoms with Gasteiger partial charge in [-0.2, -0.15) is 52.7 Å². The Kier molecular flexibility index (Phi) is 6.17. The molecule has 1 heterocycles. The molecule has 1 rings (SSSR count). The van der Waals surface area contributed by atoms with Gasteiger partial charge in [-0.25, -0.2) is 9.53 Å². The first-order valence-corrected chi connectivity index (χ1v) is 4.77. The van der Waals surface area contributed by atoms with Crippen LogP contribution in [0.4, 0.5) is 52.7 Å². The van der Waals surface area contributed by atoms with E-state index in [9.17, 15) is 57.5 Å². The van der Waals surface area contributed by atoms with E-state index in [1.165, 1.54) is 0 Å². The van der Waals surface area contributed by atoms with Gasteiger partial charge in [0, 0.05) is 51.4 Å². The summed E-state index contributed by atoms with van der Waals surface area (Å²) in [5, 5.41) is 7.76. The number of hydrogen-bond donors (Lipinski definition) is 1. The summed E-state index contributed by atoms with van der Waals surface area (Å²) >= 11 is 0. The van der Waals surface area contributed by atoms with E-state index in [-0.39, 0.29) is 51.4 Å². The summed E-state index contributed by atoms with van der Waals surface area (Å²) in [5.41, 5.74) is 0. The van der Waals surface area contributed by atoms with Crippen LogP contribution in [0.3, 0.4) is 0 Å². The summed E-state index contributed by atoms with van der Waals surface area (Å²) in [5.74, 6) is -10.9. The fraction of sp³-hybridized carbons (Fsp3) is 0.857. The number of nitrogens with zero attached hydrogens (tertiary/aromatic N) is 1. The van der Waals surface area contributed by atoms with Crippen molar-refractivity contribution >= 4 is 57.4 Å². The smallest absolute Gasteiger partial charge is 0.439 e. The molecule has 1 aliphatic heterocycles. The largest absolute Gasteiger partial charge is 0.477 e. The van der Waals surface area contributed by atoms with Gasteiger partial charge < -0.3 is 5.11 Å². The van der Waals surface area contributed by atoms with E-state index >= 15 is 0 Å². The number of alkyl halides is 12. The van der Waals surface area contributed by atoms with Gasteiger partial charge in [0.2, 0.25) is 0 Å². The Morgan fingerprint density at radius 1 is 0.833 bits per heavy atom. The van der Waals surface area contributed by atoms with E-state index in [1.54, 1.807) is 4.74 Å². The molecule has 0 aromatic heterocycles. The van der Waals surface area contributed by atoms with Gasteiger partial charge in [0.15, 0.2) is 0 Å². The molecule has 0 saturated carbocycles. The second-order valence-corrected chi connectivity index (χ2v) is 3.97. The van der Waals surface area contributed by atoms with E-state index in [2.05, 4.69) is 0 Å². The molecular formula is C7HF12KNO3. The summed E-state index contributed by atoms with van der Waals surface area (Å²) in [4.78, 5) is 6.03. The molecule has 0 aliphatic carbocycles. The molecule has 1 aliphatic rings. The molecule has 1 fully saturated rings. The van der Waals surface area contributed by atoms with Crippen molar-refractivity contribution in [2.24, 2.45) is 0 Å². The van der Waals surface area contributed by atoms with E-state index in [0.29, 0.717) is 0 Å². The zero-order chi connectivity index (χ0) is 18.9. The van der Waals surface area contributed by atoms with Crippen molar-refractivity contribution in [1.82, 2.24) is 4.90 Å². The predicted octanol–water partition coefficient (Wildman–Crippen LogP) is 2.62. The Balaban J connectivity index is 0.00000529. The van der Waals surface area contributed by atoms with Crippen molar-refractivity contribution < 1.29 is 67.3 Å². The average molecular weight is 414 g/mol. The van der Waals surface area contributed by atoms with Crippen molar-refractivity contribution in [3.8, 4) is 0 Å². The molecule has 4 nitrogen and oxygen atoms in total. The number of aliphatic carboxylic acids is 1. The van der Waals surface area contributed by atoms with Gasteiger partial charge in [-0.05, 0) is 0 Å². The molecule has 0 aromatic rings. The molecule has 24 heavy (non-hydrogen) atoms. The Bertz CT molecular complexity index is 497. The van der Waals surface area contributed by atoms with Crippen LogP contribution in [0.5, 0.6) is 0 Å². The quantitative estimate of drug-likeness (QED) is 0.439. The van der Waals surface area contributed by atoms with E-state index < -0.39 is 47.1 Å². The first kappa shape index (κ1) is 24.2. The van der Waals surface area contributed by atoms with Crippen molar-refractivity contribution in [3.05, 3.63) is 0 Å². The Labute approximate surface area is 165 Å². The van der Waals surface area contributed by atoms with Gasteiger partial charge in [0.05, 0.1) is 0 Å². The van der Waals surface area contributed by atoms with Crippen LogP contribution in [0.2, 0.25) is 0 Å². The standard InChI is InChI=1S/C7HF12NO3.K/c8-2(9,1(21)22)3(10,11)20-4(12,13)6(16,17)23-7(18,19)5(20,14)15;/h(H,21,22);. The first-order chi connectivity index (χ1) is 9.77. The molecule has 1 radical (unpaired) electrons. The maximum absolute atomic E-state index is 13.1. The number of rotatable bonds is 3. The zero-order valence-electron chi connectivity index (χ0n) is 10.7. The molecule has 137 valence electrons. The second kappa shape index (κ2) is 6.12. The molecule has 17 heteroatoms. The number of halogens is 12. The minimum atomic E-state index is -7.37. The summed E-state index contributed by atoms with van der Waals surface area (Å²) < 4.78 is 156. The second-order valence-electron chi connectivity index (χ2n) is 3.97. The van der Waals surface area contributed by atoms with Crippen LogP contribution in [-0.2, 0) is 9.53 Å². The number of morpholine rings is 1. The van der Waals surface area contributed by atoms with Crippen LogP contribution in [-0.4, -0.2) is 104 Å². The van der Waals surface area contributed by atoms with Crippen LogP contribution >= 0.6 is 0 Å². The van der Waals surface area contributed by atoms with Gasteiger partial charge in [0.1, 0.15) is 0 Å². The molecule has 0 unspecified atom stereocenters. The molecule has 0 aromatic carbocycles. The summed E-state index contributed by atoms with van der Waals surface area (Å²) in [7, 11) is 0. The van der Waals surface area contributed by atoms with Crippen molar-refractivity contribution in [1.29, 1.82) is 0 Å². The summed E-state index contributed by atoms with van der Waals surface area (Å²) in [6.07, 6.45) is -13.6. The summed E-state index contributed by atoms with van der Waals surface area (Å²) in [6.45, 7) is 0. The van der Waals surface area contributed by atoms with Gasteiger partial charge in [-0.3, -0.25) is 0 Å². The topological polar surface area (TPSA) is 49.8 Å². The van der Waals surface area contributed by atoms with Crippen LogP contribution in [0, 0.1) is 0 Å². The van der Waals surface area contributed by atoms with Crippen LogP contribution in [0.15, 0.2) is 0 Å². The maximum atomic E-state index is 13.1. The number of carboxylic acids is 1. The van der Waals surface area contributed by atoms with Crippen LogP contribution < -0.4 is 0 Å². The number of ether oxygens (including phenoxy) is 1. The molecular weight excluding hydrogens is 413 g/mol. The third kappa shape index (κ3) is 3.05.